The van der Waals surface area contributed by atoms with Gasteiger partial charge in [0.25, 0.3) is 5.69 Å². The summed E-state index contributed by atoms with van der Waals surface area (Å²) < 4.78 is 21.2. The average Bonchev–Trinajstić information content (AvgIpc) is 3.34. The lowest BCUT2D eigenvalue weighted by atomic mass is 9.87. The fourth-order valence-corrected chi connectivity index (χ4v) is 5.68. The molecule has 4 aromatic rings. The van der Waals surface area contributed by atoms with E-state index in [1.54, 1.807) is 36.1 Å². The highest BCUT2D eigenvalue weighted by Gasteiger charge is 2.32. The van der Waals surface area contributed by atoms with Gasteiger partial charge in [-0.2, -0.15) is 0 Å². The normalized spacial score (nSPS) is 16.0. The van der Waals surface area contributed by atoms with E-state index in [0.717, 1.165) is 22.2 Å². The SMILES string of the molecule is CCOC(=O)[C@@H]1CCCN(C(=O)C[C@H](c2ccc(F)cc2)c2cn(Cc3ccccc3)c3ccc([N+](=O)[O-])cc23)C1. The van der Waals surface area contributed by atoms with Gasteiger partial charge in [0.1, 0.15) is 5.82 Å². The Kier molecular flexibility index (Phi) is 8.42. The summed E-state index contributed by atoms with van der Waals surface area (Å²) in [6.07, 6.45) is 3.37. The van der Waals surface area contributed by atoms with Crippen LogP contribution in [0.25, 0.3) is 10.9 Å². The molecule has 41 heavy (non-hydrogen) atoms. The minimum Gasteiger partial charge on any atom is -0.466 e. The number of non-ortho nitro benzene ring substituents is 1. The summed E-state index contributed by atoms with van der Waals surface area (Å²) in [6, 6.07) is 20.6. The number of nitro groups is 1. The molecule has 8 nitrogen and oxygen atoms in total. The summed E-state index contributed by atoms with van der Waals surface area (Å²) in [5, 5.41) is 12.4. The highest BCUT2D eigenvalue weighted by Crippen LogP contribution is 2.37. The number of piperidine rings is 1. The van der Waals surface area contributed by atoms with Gasteiger partial charge in [0, 0.05) is 61.2 Å². The fraction of sp³-hybridized carbons (Fsp3) is 0.312. The van der Waals surface area contributed by atoms with Crippen molar-refractivity contribution in [1.82, 2.24) is 9.47 Å². The number of likely N-dealkylation sites (tertiary alicyclic amines) is 1. The molecule has 1 aromatic heterocycles. The summed E-state index contributed by atoms with van der Waals surface area (Å²) in [5.41, 5.74) is 3.28. The van der Waals surface area contributed by atoms with Crippen LogP contribution in [-0.4, -0.2) is 46.0 Å². The van der Waals surface area contributed by atoms with E-state index >= 15 is 0 Å². The Morgan fingerprint density at radius 3 is 2.56 bits per heavy atom. The molecular formula is C32H32FN3O5. The Labute approximate surface area is 237 Å². The molecule has 5 rings (SSSR count). The van der Waals surface area contributed by atoms with Crippen LogP contribution in [0.1, 0.15) is 48.8 Å². The van der Waals surface area contributed by atoms with E-state index in [-0.39, 0.29) is 43.1 Å². The number of ether oxygens (including phenoxy) is 1. The predicted molar refractivity (Wildman–Crippen MR) is 153 cm³/mol. The first-order valence-corrected chi connectivity index (χ1v) is 13.8. The van der Waals surface area contributed by atoms with Crippen LogP contribution in [0, 0.1) is 21.8 Å². The highest BCUT2D eigenvalue weighted by atomic mass is 19.1. The molecule has 212 valence electrons. The molecule has 0 spiro atoms. The van der Waals surface area contributed by atoms with Crippen LogP contribution < -0.4 is 0 Å². The van der Waals surface area contributed by atoms with Gasteiger partial charge in [-0.15, -0.1) is 0 Å². The van der Waals surface area contributed by atoms with Crippen LogP contribution in [0.2, 0.25) is 0 Å². The molecule has 0 aliphatic carbocycles. The maximum atomic E-state index is 13.9. The van der Waals surface area contributed by atoms with Gasteiger partial charge in [0.15, 0.2) is 0 Å². The molecule has 2 heterocycles. The lowest BCUT2D eigenvalue weighted by Gasteiger charge is -2.32. The van der Waals surface area contributed by atoms with Crippen molar-refractivity contribution in [3.8, 4) is 0 Å². The topological polar surface area (TPSA) is 94.7 Å². The van der Waals surface area contributed by atoms with E-state index in [1.807, 2.05) is 41.1 Å². The van der Waals surface area contributed by atoms with Crippen molar-refractivity contribution in [2.24, 2.45) is 5.92 Å². The zero-order valence-corrected chi connectivity index (χ0v) is 22.9. The Bertz CT molecular complexity index is 1550. The Morgan fingerprint density at radius 2 is 1.85 bits per heavy atom. The molecule has 0 radical (unpaired) electrons. The number of benzene rings is 3. The van der Waals surface area contributed by atoms with Crippen LogP contribution in [-0.2, 0) is 20.9 Å². The number of carbonyl (C=O) groups is 2. The van der Waals surface area contributed by atoms with Crippen molar-refractivity contribution >= 4 is 28.5 Å². The largest absolute Gasteiger partial charge is 0.466 e. The molecule has 0 N–H and O–H groups in total. The second-order valence-electron chi connectivity index (χ2n) is 10.4. The number of hydrogen-bond donors (Lipinski definition) is 0. The first-order chi connectivity index (χ1) is 19.8. The summed E-state index contributed by atoms with van der Waals surface area (Å²) in [5.74, 6) is -1.69. The Balaban J connectivity index is 1.55. The van der Waals surface area contributed by atoms with Crippen molar-refractivity contribution in [1.29, 1.82) is 0 Å². The third-order valence-corrected chi connectivity index (χ3v) is 7.72. The molecule has 1 saturated heterocycles. The summed E-state index contributed by atoms with van der Waals surface area (Å²) in [4.78, 5) is 39.1. The molecule has 9 heteroatoms. The lowest BCUT2D eigenvalue weighted by molar-refractivity contribution is -0.384. The van der Waals surface area contributed by atoms with Gasteiger partial charge in [0.2, 0.25) is 5.91 Å². The number of hydrogen-bond acceptors (Lipinski definition) is 5. The van der Waals surface area contributed by atoms with E-state index in [9.17, 15) is 24.1 Å². The van der Waals surface area contributed by atoms with Crippen LogP contribution >= 0.6 is 0 Å². The highest BCUT2D eigenvalue weighted by molar-refractivity contribution is 5.88. The Hall–Kier alpha value is -4.53. The number of carbonyl (C=O) groups excluding carboxylic acids is 2. The molecule has 2 atom stereocenters. The Morgan fingerprint density at radius 1 is 1.10 bits per heavy atom. The zero-order valence-electron chi connectivity index (χ0n) is 22.9. The second-order valence-corrected chi connectivity index (χ2v) is 10.4. The quantitative estimate of drug-likeness (QED) is 0.142. The molecule has 0 unspecified atom stereocenters. The summed E-state index contributed by atoms with van der Waals surface area (Å²) in [6.45, 7) is 3.40. The van der Waals surface area contributed by atoms with Gasteiger partial charge in [0.05, 0.1) is 17.4 Å². The van der Waals surface area contributed by atoms with Crippen LogP contribution in [0.3, 0.4) is 0 Å². The summed E-state index contributed by atoms with van der Waals surface area (Å²) in [7, 11) is 0. The molecule has 1 fully saturated rings. The molecule has 0 bridgehead atoms. The number of nitro benzene ring substituents is 1. The lowest BCUT2D eigenvalue weighted by Crippen LogP contribution is -2.43. The van der Waals surface area contributed by atoms with Crippen molar-refractivity contribution in [2.75, 3.05) is 19.7 Å². The first kappa shape index (κ1) is 28.0. The number of esters is 1. The monoisotopic (exact) mass is 557 g/mol. The maximum absolute atomic E-state index is 13.9. The maximum Gasteiger partial charge on any atom is 0.310 e. The van der Waals surface area contributed by atoms with Crippen molar-refractivity contribution in [2.45, 2.75) is 38.6 Å². The number of halogens is 1. The van der Waals surface area contributed by atoms with E-state index in [0.29, 0.717) is 31.3 Å². The number of aromatic nitrogens is 1. The molecule has 1 aliphatic heterocycles. The molecule has 1 amide bonds. The molecule has 1 aliphatic rings. The van der Waals surface area contributed by atoms with Gasteiger partial charge < -0.3 is 14.2 Å². The van der Waals surface area contributed by atoms with Gasteiger partial charge in [-0.25, -0.2) is 4.39 Å². The van der Waals surface area contributed by atoms with Gasteiger partial charge >= 0.3 is 5.97 Å². The van der Waals surface area contributed by atoms with E-state index in [2.05, 4.69) is 0 Å². The van der Waals surface area contributed by atoms with Crippen LogP contribution in [0.15, 0.2) is 79.0 Å². The third-order valence-electron chi connectivity index (χ3n) is 7.72. The van der Waals surface area contributed by atoms with Crippen LogP contribution in [0.5, 0.6) is 0 Å². The first-order valence-electron chi connectivity index (χ1n) is 13.8. The van der Waals surface area contributed by atoms with Gasteiger partial charge in [-0.3, -0.25) is 19.7 Å². The van der Waals surface area contributed by atoms with E-state index in [4.69, 9.17) is 4.74 Å². The van der Waals surface area contributed by atoms with Gasteiger partial charge in [-0.05, 0) is 54.7 Å². The van der Waals surface area contributed by atoms with Crippen molar-refractivity contribution in [3.63, 3.8) is 0 Å². The average molecular weight is 558 g/mol. The molecular weight excluding hydrogens is 525 g/mol. The number of rotatable bonds is 9. The molecule has 3 aromatic carbocycles. The minimum atomic E-state index is -0.493. The number of amides is 1. The minimum absolute atomic E-state index is 0.0475. The zero-order chi connectivity index (χ0) is 28.9. The van der Waals surface area contributed by atoms with E-state index in [1.165, 1.54) is 18.2 Å². The fourth-order valence-electron chi connectivity index (χ4n) is 5.68. The smallest absolute Gasteiger partial charge is 0.310 e. The van der Waals surface area contributed by atoms with Crippen molar-refractivity contribution in [3.05, 3.63) is 112 Å². The van der Waals surface area contributed by atoms with Gasteiger partial charge in [-0.1, -0.05) is 42.5 Å². The predicted octanol–water partition coefficient (Wildman–Crippen LogP) is 6.06. The number of fused-ring (bicyclic) bond motifs is 1. The third kappa shape index (κ3) is 6.29. The molecule has 0 saturated carbocycles. The second kappa shape index (κ2) is 12.3. The summed E-state index contributed by atoms with van der Waals surface area (Å²) >= 11 is 0. The standard InChI is InChI=1S/C32H32FN3O5/c1-2-41-32(38)24-9-6-16-34(20-24)31(37)18-27(23-10-12-25(33)13-11-23)29-21-35(19-22-7-4-3-5-8-22)30-15-14-26(36(39)40)17-28(29)30/h3-5,7-8,10-15,17,21,24,27H,2,6,9,16,18-20H2,1H3/t24-,27-/m1/s1. The van der Waals surface area contributed by atoms with Crippen molar-refractivity contribution < 1.29 is 23.6 Å². The van der Waals surface area contributed by atoms with E-state index < -0.39 is 16.7 Å². The van der Waals surface area contributed by atoms with Crippen LogP contribution in [0.4, 0.5) is 10.1 Å². The number of nitrogens with zero attached hydrogens (tertiary/aromatic N) is 3.